The highest BCUT2D eigenvalue weighted by Gasteiger charge is 2.34. The maximum Gasteiger partial charge on any atom is 0.374 e. The third kappa shape index (κ3) is 3.31. The number of carbonyl (C=O) groups excluding carboxylic acids is 2. The lowest BCUT2D eigenvalue weighted by Crippen LogP contribution is -2.18. The minimum absolute atomic E-state index is 0.00640. The van der Waals surface area contributed by atoms with Crippen molar-refractivity contribution in [3.05, 3.63) is 52.5 Å². The van der Waals surface area contributed by atoms with Crippen LogP contribution < -0.4 is 4.74 Å². The van der Waals surface area contributed by atoms with Crippen LogP contribution >= 0.6 is 0 Å². The Morgan fingerprint density at radius 1 is 1.20 bits per heavy atom. The minimum Gasteiger partial charge on any atom is -0.497 e. The molecule has 1 heterocycles. The van der Waals surface area contributed by atoms with Crippen LogP contribution in [0.5, 0.6) is 5.75 Å². The van der Waals surface area contributed by atoms with Crippen LogP contribution in [0.1, 0.15) is 64.0 Å². The number of methoxy groups -OCH3 is 1. The third-order valence-electron chi connectivity index (χ3n) is 4.48. The van der Waals surface area contributed by atoms with Gasteiger partial charge in [-0.2, -0.15) is 0 Å². The van der Waals surface area contributed by atoms with Crippen molar-refractivity contribution in [2.45, 2.75) is 45.6 Å². The summed E-state index contributed by atoms with van der Waals surface area (Å²) in [5, 5.41) is 0. The lowest BCUT2D eigenvalue weighted by atomic mass is 9.82. The highest BCUT2D eigenvalue weighted by atomic mass is 16.6. The average Bonchev–Trinajstić information content (AvgIpc) is 2.91. The Hall–Kier alpha value is -2.56. The molecule has 132 valence electrons. The highest BCUT2D eigenvalue weighted by Crippen LogP contribution is 2.37. The molecule has 0 fully saturated rings. The van der Waals surface area contributed by atoms with E-state index < -0.39 is 5.97 Å². The second-order valence-electron chi connectivity index (χ2n) is 6.61. The van der Waals surface area contributed by atoms with E-state index in [1.54, 1.807) is 27.9 Å². The quantitative estimate of drug-likeness (QED) is 0.784. The Kier molecular flexibility index (Phi) is 4.66. The summed E-state index contributed by atoms with van der Waals surface area (Å²) in [5.74, 6) is 1.01. The molecular weight excluding hydrogens is 320 g/mol. The second kappa shape index (κ2) is 6.75. The van der Waals surface area contributed by atoms with Gasteiger partial charge in [-0.25, -0.2) is 4.79 Å². The lowest BCUT2D eigenvalue weighted by Gasteiger charge is -2.21. The van der Waals surface area contributed by atoms with Crippen LogP contribution in [0.25, 0.3) is 0 Å². The largest absolute Gasteiger partial charge is 0.497 e. The Labute approximate surface area is 146 Å². The van der Waals surface area contributed by atoms with Gasteiger partial charge in [-0.1, -0.05) is 12.1 Å². The van der Waals surface area contributed by atoms with E-state index in [1.165, 1.54) is 0 Å². The molecule has 3 rings (SSSR count). The molecule has 5 nitrogen and oxygen atoms in total. The number of hydrogen-bond donors (Lipinski definition) is 0. The first-order valence-electron chi connectivity index (χ1n) is 8.41. The smallest absolute Gasteiger partial charge is 0.374 e. The van der Waals surface area contributed by atoms with E-state index in [1.807, 2.05) is 24.3 Å². The molecule has 1 aliphatic carbocycles. The molecule has 0 unspecified atom stereocenters. The van der Waals surface area contributed by atoms with Gasteiger partial charge in [0.05, 0.1) is 18.8 Å². The van der Waals surface area contributed by atoms with Gasteiger partial charge in [0.2, 0.25) is 5.76 Å². The van der Waals surface area contributed by atoms with Gasteiger partial charge in [0.25, 0.3) is 0 Å². The molecule has 1 atom stereocenters. The maximum atomic E-state index is 12.6. The molecule has 25 heavy (non-hydrogen) atoms. The first-order chi connectivity index (χ1) is 11.9. The van der Waals surface area contributed by atoms with Gasteiger partial charge in [-0.3, -0.25) is 4.79 Å². The summed E-state index contributed by atoms with van der Waals surface area (Å²) in [6.45, 7) is 5.30. The Morgan fingerprint density at radius 2 is 1.88 bits per heavy atom. The Bertz CT molecular complexity index is 798. The number of ether oxygens (including phenoxy) is 2. The summed E-state index contributed by atoms with van der Waals surface area (Å²) in [4.78, 5) is 24.8. The molecular formula is C20H22O5. The van der Waals surface area contributed by atoms with Crippen LogP contribution in [0.2, 0.25) is 0 Å². The van der Waals surface area contributed by atoms with Crippen molar-refractivity contribution < 1.29 is 23.5 Å². The van der Waals surface area contributed by atoms with Gasteiger partial charge in [0, 0.05) is 18.4 Å². The molecule has 0 N–H and O–H groups in total. The number of hydrogen-bond acceptors (Lipinski definition) is 5. The molecule has 0 bridgehead atoms. The van der Waals surface area contributed by atoms with E-state index in [9.17, 15) is 9.59 Å². The monoisotopic (exact) mass is 342 g/mol. The van der Waals surface area contributed by atoms with E-state index in [4.69, 9.17) is 13.9 Å². The van der Waals surface area contributed by atoms with Crippen molar-refractivity contribution in [2.75, 3.05) is 7.11 Å². The normalized spacial score (nSPS) is 16.7. The number of fused-ring (bicyclic) bond motifs is 1. The zero-order valence-electron chi connectivity index (χ0n) is 14.9. The zero-order valence-corrected chi connectivity index (χ0v) is 14.9. The molecule has 1 aromatic heterocycles. The fourth-order valence-corrected chi connectivity index (χ4v) is 3.28. The molecule has 0 spiro atoms. The fraction of sp³-hybridized carbons (Fsp3) is 0.400. The summed E-state index contributed by atoms with van der Waals surface area (Å²) >= 11 is 0. The van der Waals surface area contributed by atoms with Crippen LogP contribution in [0.4, 0.5) is 0 Å². The van der Waals surface area contributed by atoms with Gasteiger partial charge < -0.3 is 13.9 Å². The molecule has 2 aromatic rings. The number of Topliss-reactive ketones (excluding diaryl/α,β-unsaturated/α-hetero) is 1. The van der Waals surface area contributed by atoms with Crippen molar-refractivity contribution >= 4 is 11.8 Å². The summed E-state index contributed by atoms with van der Waals surface area (Å²) in [7, 11) is 1.62. The average molecular weight is 342 g/mol. The second-order valence-corrected chi connectivity index (χ2v) is 6.61. The number of ketones is 1. The highest BCUT2D eigenvalue weighted by molar-refractivity contribution is 6.03. The van der Waals surface area contributed by atoms with Crippen LogP contribution in [0.3, 0.4) is 0 Å². The van der Waals surface area contributed by atoms with Gasteiger partial charge in [0.15, 0.2) is 5.78 Å². The van der Waals surface area contributed by atoms with Crippen LogP contribution in [-0.4, -0.2) is 25.0 Å². The van der Waals surface area contributed by atoms with Crippen LogP contribution in [-0.2, 0) is 11.2 Å². The Balaban J connectivity index is 1.89. The molecule has 0 saturated heterocycles. The van der Waals surface area contributed by atoms with Crippen molar-refractivity contribution in [2.24, 2.45) is 0 Å². The summed E-state index contributed by atoms with van der Waals surface area (Å²) < 4.78 is 16.1. The fourth-order valence-electron chi connectivity index (χ4n) is 3.28. The van der Waals surface area contributed by atoms with Crippen molar-refractivity contribution in [1.82, 2.24) is 0 Å². The molecule has 0 saturated carbocycles. The molecule has 5 heteroatoms. The molecule has 0 aliphatic heterocycles. The summed E-state index contributed by atoms with van der Waals surface area (Å²) in [6.07, 6.45) is 0.749. The first-order valence-corrected chi connectivity index (χ1v) is 8.41. The van der Waals surface area contributed by atoms with Gasteiger partial charge in [-0.05, 0) is 44.4 Å². The van der Waals surface area contributed by atoms with Gasteiger partial charge in [-0.15, -0.1) is 0 Å². The van der Waals surface area contributed by atoms with Gasteiger partial charge >= 0.3 is 5.97 Å². The van der Waals surface area contributed by atoms with Crippen molar-refractivity contribution in [3.8, 4) is 5.75 Å². The molecule has 0 amide bonds. The molecule has 1 aromatic carbocycles. The molecule has 0 radical (unpaired) electrons. The van der Waals surface area contributed by atoms with Crippen LogP contribution in [0.15, 0.2) is 28.7 Å². The predicted molar refractivity (Wildman–Crippen MR) is 92.4 cm³/mol. The predicted octanol–water partition coefficient (Wildman–Crippen LogP) is 4.07. The van der Waals surface area contributed by atoms with E-state index in [2.05, 4.69) is 0 Å². The van der Waals surface area contributed by atoms with E-state index in [-0.39, 0.29) is 23.6 Å². The number of rotatable bonds is 4. The van der Waals surface area contributed by atoms with E-state index in [0.717, 1.165) is 11.3 Å². The van der Waals surface area contributed by atoms with E-state index >= 15 is 0 Å². The minimum atomic E-state index is -0.518. The van der Waals surface area contributed by atoms with Crippen molar-refractivity contribution in [1.29, 1.82) is 0 Å². The SMILES string of the molecule is COc1ccc([C@@H]2CC(=O)c3c(oc(C(=O)OC(C)C)c3C)C2)cc1. The number of esters is 1. The standard InChI is InChI=1S/C20H22O5/c1-11(2)24-20(22)19-12(3)18-16(21)9-14(10-17(18)25-19)13-5-7-15(23-4)8-6-13/h5-8,11,14H,9-10H2,1-4H3/t14-/m1/s1. The number of carbonyl (C=O) groups is 2. The van der Waals surface area contributed by atoms with E-state index in [0.29, 0.717) is 29.7 Å². The summed E-state index contributed by atoms with van der Waals surface area (Å²) in [6, 6.07) is 7.69. The maximum absolute atomic E-state index is 12.6. The zero-order chi connectivity index (χ0) is 18.1. The Morgan fingerprint density at radius 3 is 2.48 bits per heavy atom. The molecule has 1 aliphatic rings. The summed E-state index contributed by atoms with van der Waals surface area (Å²) in [5.41, 5.74) is 2.18. The first kappa shape index (κ1) is 17.3. The topological polar surface area (TPSA) is 65.7 Å². The number of benzene rings is 1. The lowest BCUT2D eigenvalue weighted by molar-refractivity contribution is 0.0338. The van der Waals surface area contributed by atoms with Crippen molar-refractivity contribution in [3.63, 3.8) is 0 Å². The number of furan rings is 1. The van der Waals surface area contributed by atoms with Gasteiger partial charge in [0.1, 0.15) is 11.5 Å². The third-order valence-corrected chi connectivity index (χ3v) is 4.48. The van der Waals surface area contributed by atoms with Crippen LogP contribution in [0, 0.1) is 6.92 Å².